The van der Waals surface area contributed by atoms with Crippen LogP contribution >= 0.6 is 0 Å². The molecule has 0 radical (unpaired) electrons. The molecule has 0 aliphatic heterocycles. The molecule has 0 atom stereocenters. The third-order valence-electron chi connectivity index (χ3n) is 1.80. The average molecular weight is 207 g/mol. The largest absolute Gasteiger partial charge is 0.478 e. The Balaban J connectivity index is 3.06. The van der Waals surface area contributed by atoms with Gasteiger partial charge in [0.05, 0.1) is 4.92 Å². The standard InChI is InChI=1S/C10H9NO4/c1-7(10(12)13)5-8-3-2-4-9(6-8)11(14)15/h2-6H,1H3,(H,12,13). The topological polar surface area (TPSA) is 80.4 Å². The third-order valence-corrected chi connectivity index (χ3v) is 1.80. The molecule has 0 spiro atoms. The summed E-state index contributed by atoms with van der Waals surface area (Å²) in [6, 6.07) is 5.80. The van der Waals surface area contributed by atoms with Gasteiger partial charge < -0.3 is 5.11 Å². The van der Waals surface area contributed by atoms with Crippen molar-refractivity contribution in [2.45, 2.75) is 6.92 Å². The molecule has 0 fully saturated rings. The van der Waals surface area contributed by atoms with E-state index in [0.717, 1.165) is 0 Å². The molecule has 1 N–H and O–H groups in total. The number of nitro groups is 1. The molecule has 0 aliphatic carbocycles. The molecule has 0 saturated heterocycles. The fourth-order valence-electron chi connectivity index (χ4n) is 1.04. The molecule has 0 saturated carbocycles. The smallest absolute Gasteiger partial charge is 0.331 e. The van der Waals surface area contributed by atoms with Gasteiger partial charge in [0, 0.05) is 17.7 Å². The molecule has 0 bridgehead atoms. The Morgan fingerprint density at radius 2 is 2.20 bits per heavy atom. The first-order valence-corrected chi connectivity index (χ1v) is 4.17. The Bertz CT molecular complexity index is 437. The summed E-state index contributed by atoms with van der Waals surface area (Å²) in [5, 5.41) is 19.1. The number of carbonyl (C=O) groups is 1. The number of carboxylic acid groups (broad SMARTS) is 1. The molecule has 78 valence electrons. The number of carboxylic acids is 1. The highest BCUT2D eigenvalue weighted by atomic mass is 16.6. The van der Waals surface area contributed by atoms with Crippen LogP contribution in [0.5, 0.6) is 0 Å². The summed E-state index contributed by atoms with van der Waals surface area (Å²) < 4.78 is 0. The van der Waals surface area contributed by atoms with Crippen LogP contribution in [0, 0.1) is 10.1 Å². The fourth-order valence-corrected chi connectivity index (χ4v) is 1.04. The van der Waals surface area contributed by atoms with Crippen LogP contribution in [0.1, 0.15) is 12.5 Å². The quantitative estimate of drug-likeness (QED) is 0.467. The fraction of sp³-hybridized carbons (Fsp3) is 0.100. The lowest BCUT2D eigenvalue weighted by Crippen LogP contribution is -1.95. The highest BCUT2D eigenvalue weighted by Crippen LogP contribution is 2.15. The van der Waals surface area contributed by atoms with Gasteiger partial charge in [0.25, 0.3) is 5.69 Å². The first-order chi connectivity index (χ1) is 7.00. The lowest BCUT2D eigenvalue weighted by atomic mass is 10.1. The van der Waals surface area contributed by atoms with E-state index in [0.29, 0.717) is 5.56 Å². The summed E-state index contributed by atoms with van der Waals surface area (Å²) in [5.41, 5.74) is 0.585. The predicted octanol–water partition coefficient (Wildman–Crippen LogP) is 2.08. The molecular formula is C10H9NO4. The Kier molecular flexibility index (Phi) is 3.17. The minimum absolute atomic E-state index is 0.0538. The van der Waals surface area contributed by atoms with E-state index in [4.69, 9.17) is 5.11 Å². The van der Waals surface area contributed by atoms with E-state index in [1.165, 1.54) is 31.2 Å². The molecule has 5 nitrogen and oxygen atoms in total. The van der Waals surface area contributed by atoms with Crippen molar-refractivity contribution in [3.05, 3.63) is 45.5 Å². The Morgan fingerprint density at radius 1 is 1.53 bits per heavy atom. The van der Waals surface area contributed by atoms with Crippen LogP contribution < -0.4 is 0 Å². The van der Waals surface area contributed by atoms with Crippen molar-refractivity contribution in [1.82, 2.24) is 0 Å². The predicted molar refractivity (Wildman–Crippen MR) is 54.4 cm³/mol. The zero-order valence-corrected chi connectivity index (χ0v) is 8.01. The number of rotatable bonds is 3. The SMILES string of the molecule is CC(=Cc1cccc([N+](=O)[O-])c1)C(=O)O. The molecule has 0 aromatic heterocycles. The lowest BCUT2D eigenvalue weighted by molar-refractivity contribution is -0.384. The van der Waals surface area contributed by atoms with Crippen molar-refractivity contribution in [2.75, 3.05) is 0 Å². The van der Waals surface area contributed by atoms with Gasteiger partial charge in [-0.05, 0) is 18.6 Å². The maximum Gasteiger partial charge on any atom is 0.331 e. The summed E-state index contributed by atoms with van der Waals surface area (Å²) in [7, 11) is 0. The van der Waals surface area contributed by atoms with E-state index in [2.05, 4.69) is 0 Å². The molecular weight excluding hydrogens is 198 g/mol. The zero-order valence-electron chi connectivity index (χ0n) is 8.01. The lowest BCUT2D eigenvalue weighted by Gasteiger charge is -1.96. The third kappa shape index (κ3) is 2.91. The van der Waals surface area contributed by atoms with Crippen molar-refractivity contribution < 1.29 is 14.8 Å². The maximum atomic E-state index is 10.5. The Morgan fingerprint density at radius 3 is 2.73 bits per heavy atom. The van der Waals surface area contributed by atoms with Crippen molar-refractivity contribution in [3.8, 4) is 0 Å². The number of aliphatic carboxylic acids is 1. The molecule has 1 rings (SSSR count). The summed E-state index contributed by atoms with van der Waals surface area (Å²) in [5.74, 6) is -1.04. The van der Waals surface area contributed by atoms with Crippen molar-refractivity contribution in [2.24, 2.45) is 0 Å². The molecule has 0 aliphatic rings. The molecule has 5 heteroatoms. The van der Waals surface area contributed by atoms with Crippen molar-refractivity contribution in [3.63, 3.8) is 0 Å². The van der Waals surface area contributed by atoms with Gasteiger partial charge in [-0.2, -0.15) is 0 Å². The zero-order chi connectivity index (χ0) is 11.4. The molecule has 0 unspecified atom stereocenters. The second-order valence-electron chi connectivity index (χ2n) is 2.98. The van der Waals surface area contributed by atoms with Gasteiger partial charge in [0.2, 0.25) is 0 Å². The van der Waals surface area contributed by atoms with Crippen molar-refractivity contribution in [1.29, 1.82) is 0 Å². The second-order valence-corrected chi connectivity index (χ2v) is 2.98. The highest BCUT2D eigenvalue weighted by Gasteiger charge is 2.05. The first kappa shape index (κ1) is 10.9. The second kappa shape index (κ2) is 4.36. The van der Waals surface area contributed by atoms with Crippen LogP contribution in [0.4, 0.5) is 5.69 Å². The van der Waals surface area contributed by atoms with Crippen LogP contribution in [-0.2, 0) is 4.79 Å². The van der Waals surface area contributed by atoms with E-state index in [1.807, 2.05) is 0 Å². The minimum atomic E-state index is -1.04. The summed E-state index contributed by atoms with van der Waals surface area (Å²) in [4.78, 5) is 20.4. The molecule has 0 heterocycles. The van der Waals surface area contributed by atoms with Crippen LogP contribution in [0.3, 0.4) is 0 Å². The Hall–Kier alpha value is -2.17. The average Bonchev–Trinajstić information content (AvgIpc) is 2.18. The number of nitrogens with zero attached hydrogens (tertiary/aromatic N) is 1. The Labute approximate surface area is 85.8 Å². The number of non-ortho nitro benzene ring substituents is 1. The summed E-state index contributed by atoms with van der Waals surface area (Å²) in [6.45, 7) is 1.43. The van der Waals surface area contributed by atoms with Crippen LogP contribution in [0.25, 0.3) is 6.08 Å². The van der Waals surface area contributed by atoms with Crippen LogP contribution in [0.15, 0.2) is 29.8 Å². The van der Waals surface area contributed by atoms with Gasteiger partial charge >= 0.3 is 5.97 Å². The summed E-state index contributed by atoms with van der Waals surface area (Å²) >= 11 is 0. The monoisotopic (exact) mass is 207 g/mol. The van der Waals surface area contributed by atoms with Gasteiger partial charge in [-0.15, -0.1) is 0 Å². The van der Waals surface area contributed by atoms with E-state index < -0.39 is 10.9 Å². The normalized spacial score (nSPS) is 11.1. The van der Waals surface area contributed by atoms with Gasteiger partial charge in [-0.3, -0.25) is 10.1 Å². The van der Waals surface area contributed by atoms with Gasteiger partial charge in [-0.1, -0.05) is 12.1 Å². The highest BCUT2D eigenvalue weighted by molar-refractivity contribution is 5.91. The van der Waals surface area contributed by atoms with Crippen molar-refractivity contribution >= 4 is 17.7 Å². The summed E-state index contributed by atoms with van der Waals surface area (Å²) in [6.07, 6.45) is 1.38. The minimum Gasteiger partial charge on any atom is -0.478 e. The number of benzene rings is 1. The molecule has 1 aromatic rings. The van der Waals surface area contributed by atoms with E-state index in [9.17, 15) is 14.9 Å². The van der Waals surface area contributed by atoms with Gasteiger partial charge in [-0.25, -0.2) is 4.79 Å². The van der Waals surface area contributed by atoms with Crippen LogP contribution in [-0.4, -0.2) is 16.0 Å². The molecule has 1 aromatic carbocycles. The number of hydrogen-bond donors (Lipinski definition) is 1. The van der Waals surface area contributed by atoms with E-state index in [-0.39, 0.29) is 11.3 Å². The number of hydrogen-bond acceptors (Lipinski definition) is 3. The molecule has 0 amide bonds. The number of nitro benzene ring substituents is 1. The van der Waals surface area contributed by atoms with Gasteiger partial charge in [0.1, 0.15) is 0 Å². The van der Waals surface area contributed by atoms with E-state index >= 15 is 0 Å². The van der Waals surface area contributed by atoms with Gasteiger partial charge in [0.15, 0.2) is 0 Å². The van der Waals surface area contributed by atoms with E-state index in [1.54, 1.807) is 6.07 Å². The molecule has 15 heavy (non-hydrogen) atoms. The maximum absolute atomic E-state index is 10.5. The first-order valence-electron chi connectivity index (χ1n) is 4.17. The van der Waals surface area contributed by atoms with Crippen LogP contribution in [0.2, 0.25) is 0 Å².